The summed E-state index contributed by atoms with van der Waals surface area (Å²) in [6.45, 7) is 9.22. The molecule has 0 atom stereocenters. The highest BCUT2D eigenvalue weighted by molar-refractivity contribution is 5.81. The summed E-state index contributed by atoms with van der Waals surface area (Å²) in [5.41, 5.74) is 2.37. The maximum Gasteiger partial charge on any atom is 0.336 e. The fourth-order valence-corrected chi connectivity index (χ4v) is 3.23. The first-order chi connectivity index (χ1) is 15.4. The number of benzene rings is 2. The zero-order chi connectivity index (χ0) is 23.1. The number of aryl methyl sites for hydroxylation is 2. The monoisotopic (exact) mass is 436 g/mol. The van der Waals surface area contributed by atoms with Gasteiger partial charge in [0.2, 0.25) is 0 Å². The molecule has 0 aliphatic rings. The Balaban J connectivity index is 0.000000181. The van der Waals surface area contributed by atoms with Crippen molar-refractivity contribution in [3.05, 3.63) is 80.5 Å². The predicted molar refractivity (Wildman–Crippen MR) is 126 cm³/mol. The van der Waals surface area contributed by atoms with Crippen LogP contribution < -0.4 is 20.7 Å². The van der Waals surface area contributed by atoms with Gasteiger partial charge >= 0.3 is 11.3 Å². The molecular formula is C26H28O6. The molecule has 0 fully saturated rings. The van der Waals surface area contributed by atoms with Gasteiger partial charge in [-0.05, 0) is 62.1 Å². The van der Waals surface area contributed by atoms with Crippen molar-refractivity contribution in [1.29, 1.82) is 0 Å². The molecule has 32 heavy (non-hydrogen) atoms. The van der Waals surface area contributed by atoms with Crippen LogP contribution in [0.4, 0.5) is 0 Å². The van der Waals surface area contributed by atoms with E-state index in [4.69, 9.17) is 18.3 Å². The van der Waals surface area contributed by atoms with Crippen LogP contribution in [-0.4, -0.2) is 13.2 Å². The van der Waals surface area contributed by atoms with Crippen LogP contribution in [0.5, 0.6) is 11.5 Å². The number of ether oxygens (including phenoxy) is 2. The van der Waals surface area contributed by atoms with E-state index in [1.807, 2.05) is 52.0 Å². The van der Waals surface area contributed by atoms with Crippen LogP contribution in [0.1, 0.15) is 37.8 Å². The van der Waals surface area contributed by atoms with Gasteiger partial charge < -0.3 is 18.3 Å². The lowest BCUT2D eigenvalue weighted by atomic mass is 10.1. The Bertz CT molecular complexity index is 1210. The average Bonchev–Trinajstić information content (AvgIpc) is 2.76. The van der Waals surface area contributed by atoms with Crippen molar-refractivity contribution in [2.24, 2.45) is 0 Å². The first-order valence-electron chi connectivity index (χ1n) is 10.8. The molecule has 2 aromatic heterocycles. The third kappa shape index (κ3) is 5.78. The Morgan fingerprint density at radius 1 is 0.656 bits per heavy atom. The summed E-state index contributed by atoms with van der Waals surface area (Å²) in [5.74, 6) is 1.48. The molecule has 0 saturated heterocycles. The van der Waals surface area contributed by atoms with Gasteiger partial charge in [0.1, 0.15) is 22.7 Å². The lowest BCUT2D eigenvalue weighted by Gasteiger charge is -2.05. The minimum Gasteiger partial charge on any atom is -0.493 e. The molecule has 0 N–H and O–H groups in total. The van der Waals surface area contributed by atoms with Crippen LogP contribution in [0, 0.1) is 13.8 Å². The summed E-state index contributed by atoms with van der Waals surface area (Å²) in [4.78, 5) is 22.4. The molecule has 0 spiro atoms. The lowest BCUT2D eigenvalue weighted by Crippen LogP contribution is -1.99. The number of fused-ring (bicyclic) bond motifs is 2. The van der Waals surface area contributed by atoms with E-state index < -0.39 is 0 Å². The SMILES string of the molecule is CCCOc1ccc2c(C)cc(=O)oc2c1.CCCOc1ccc2c(C)cc(=O)oc2c1. The number of rotatable bonds is 6. The van der Waals surface area contributed by atoms with Crippen LogP contribution in [0.3, 0.4) is 0 Å². The van der Waals surface area contributed by atoms with E-state index in [0.29, 0.717) is 24.4 Å². The van der Waals surface area contributed by atoms with Crippen molar-refractivity contribution in [3.8, 4) is 11.5 Å². The molecule has 0 saturated carbocycles. The highest BCUT2D eigenvalue weighted by Crippen LogP contribution is 2.23. The van der Waals surface area contributed by atoms with E-state index in [1.54, 1.807) is 12.1 Å². The van der Waals surface area contributed by atoms with Crippen LogP contribution in [0.2, 0.25) is 0 Å². The first-order valence-corrected chi connectivity index (χ1v) is 10.8. The normalized spacial score (nSPS) is 10.6. The number of hydrogen-bond acceptors (Lipinski definition) is 6. The van der Waals surface area contributed by atoms with Crippen molar-refractivity contribution < 1.29 is 18.3 Å². The minimum atomic E-state index is -0.322. The highest BCUT2D eigenvalue weighted by atomic mass is 16.5. The van der Waals surface area contributed by atoms with Gasteiger partial charge in [0.15, 0.2) is 0 Å². The van der Waals surface area contributed by atoms with E-state index in [0.717, 1.165) is 46.2 Å². The third-order valence-corrected chi connectivity index (χ3v) is 4.79. The zero-order valence-electron chi connectivity index (χ0n) is 18.9. The summed E-state index contributed by atoms with van der Waals surface area (Å²) in [6.07, 6.45) is 1.91. The standard InChI is InChI=1S/2C13H14O3/c2*1-3-6-15-10-4-5-11-9(2)7-13(14)16-12(11)8-10/h2*4-5,7-8H,3,6H2,1-2H3. The van der Waals surface area contributed by atoms with Gasteiger partial charge in [-0.2, -0.15) is 0 Å². The Labute approximate surface area is 186 Å². The van der Waals surface area contributed by atoms with Crippen molar-refractivity contribution in [1.82, 2.24) is 0 Å². The van der Waals surface area contributed by atoms with Crippen LogP contribution in [-0.2, 0) is 0 Å². The Morgan fingerprint density at radius 2 is 1.06 bits per heavy atom. The van der Waals surface area contributed by atoms with Crippen molar-refractivity contribution in [2.45, 2.75) is 40.5 Å². The van der Waals surface area contributed by atoms with E-state index in [-0.39, 0.29) is 11.3 Å². The molecule has 0 radical (unpaired) electrons. The molecule has 0 unspecified atom stereocenters. The molecular weight excluding hydrogens is 408 g/mol. The molecule has 0 amide bonds. The molecule has 4 aromatic rings. The largest absolute Gasteiger partial charge is 0.493 e. The van der Waals surface area contributed by atoms with Crippen molar-refractivity contribution in [2.75, 3.05) is 13.2 Å². The molecule has 4 rings (SSSR count). The quantitative estimate of drug-likeness (QED) is 0.357. The molecule has 2 aromatic carbocycles. The van der Waals surface area contributed by atoms with Crippen LogP contribution in [0.15, 0.2) is 67.0 Å². The summed E-state index contributed by atoms with van der Waals surface area (Å²) < 4.78 is 21.2. The second-order valence-electron chi connectivity index (χ2n) is 7.51. The van der Waals surface area contributed by atoms with E-state index in [1.165, 1.54) is 12.1 Å². The average molecular weight is 437 g/mol. The molecule has 6 nitrogen and oxygen atoms in total. The third-order valence-electron chi connectivity index (χ3n) is 4.79. The van der Waals surface area contributed by atoms with Crippen LogP contribution >= 0.6 is 0 Å². The van der Waals surface area contributed by atoms with E-state index in [2.05, 4.69) is 0 Å². The molecule has 0 aliphatic heterocycles. The Morgan fingerprint density at radius 3 is 1.44 bits per heavy atom. The molecule has 0 bridgehead atoms. The topological polar surface area (TPSA) is 78.9 Å². The van der Waals surface area contributed by atoms with Gasteiger partial charge in [-0.1, -0.05) is 13.8 Å². The lowest BCUT2D eigenvalue weighted by molar-refractivity contribution is 0.317. The highest BCUT2D eigenvalue weighted by Gasteiger charge is 2.04. The Hall–Kier alpha value is -3.54. The van der Waals surface area contributed by atoms with Gasteiger partial charge in [-0.15, -0.1) is 0 Å². The minimum absolute atomic E-state index is 0.322. The molecule has 168 valence electrons. The molecule has 2 heterocycles. The van der Waals surface area contributed by atoms with Crippen LogP contribution in [0.25, 0.3) is 21.9 Å². The van der Waals surface area contributed by atoms with Gasteiger partial charge in [0.25, 0.3) is 0 Å². The van der Waals surface area contributed by atoms with Gasteiger partial charge in [-0.25, -0.2) is 9.59 Å². The molecule has 6 heteroatoms. The summed E-state index contributed by atoms with van der Waals surface area (Å²) in [7, 11) is 0. The first kappa shape index (κ1) is 23.1. The molecule has 0 aliphatic carbocycles. The van der Waals surface area contributed by atoms with E-state index in [9.17, 15) is 9.59 Å². The predicted octanol–water partition coefficient (Wildman–Crippen LogP) is 5.78. The zero-order valence-corrected chi connectivity index (χ0v) is 18.9. The van der Waals surface area contributed by atoms with Gasteiger partial charge in [0.05, 0.1) is 13.2 Å². The van der Waals surface area contributed by atoms with Gasteiger partial charge in [-0.3, -0.25) is 0 Å². The van der Waals surface area contributed by atoms with E-state index >= 15 is 0 Å². The fraction of sp³-hybridized carbons (Fsp3) is 0.308. The Kier molecular flexibility index (Phi) is 7.71. The maximum atomic E-state index is 11.2. The summed E-state index contributed by atoms with van der Waals surface area (Å²) in [5, 5.41) is 1.90. The van der Waals surface area contributed by atoms with Crippen molar-refractivity contribution in [3.63, 3.8) is 0 Å². The van der Waals surface area contributed by atoms with Gasteiger partial charge in [0, 0.05) is 35.0 Å². The smallest absolute Gasteiger partial charge is 0.336 e. The fourth-order valence-electron chi connectivity index (χ4n) is 3.23. The maximum absolute atomic E-state index is 11.2. The second-order valence-corrected chi connectivity index (χ2v) is 7.51. The van der Waals surface area contributed by atoms with Crippen molar-refractivity contribution >= 4 is 21.9 Å². The summed E-state index contributed by atoms with van der Waals surface area (Å²) in [6, 6.07) is 14.1. The second kappa shape index (κ2) is 10.7. The number of hydrogen-bond donors (Lipinski definition) is 0. The summed E-state index contributed by atoms with van der Waals surface area (Å²) >= 11 is 0.